The summed E-state index contributed by atoms with van der Waals surface area (Å²) in [4.78, 5) is 3.84. The van der Waals surface area contributed by atoms with Gasteiger partial charge in [0, 0.05) is 35.6 Å². The molecule has 13 heteroatoms. The minimum atomic E-state index is -4.95. The van der Waals surface area contributed by atoms with Gasteiger partial charge < -0.3 is 15.4 Å². The number of fused-ring (bicyclic) bond motifs is 1. The van der Waals surface area contributed by atoms with Gasteiger partial charge in [0.2, 0.25) is 0 Å². The molecule has 2 aromatic heterocycles. The fourth-order valence-corrected chi connectivity index (χ4v) is 5.26. The van der Waals surface area contributed by atoms with E-state index in [1.807, 2.05) is 0 Å². The number of hydrogen-bond donors (Lipinski definition) is 2. The summed E-state index contributed by atoms with van der Waals surface area (Å²) in [6.07, 6.45) is -3.51. The molecule has 4 aromatic rings. The van der Waals surface area contributed by atoms with Crippen LogP contribution in [0.5, 0.6) is 5.75 Å². The molecule has 0 saturated heterocycles. The van der Waals surface area contributed by atoms with Gasteiger partial charge >= 0.3 is 6.36 Å². The van der Waals surface area contributed by atoms with Crippen molar-refractivity contribution in [3.05, 3.63) is 77.2 Å². The molecule has 0 atom stereocenters. The molecule has 2 N–H and O–H groups in total. The van der Waals surface area contributed by atoms with E-state index < -0.39 is 22.1 Å². The van der Waals surface area contributed by atoms with Gasteiger partial charge in [-0.1, -0.05) is 23.7 Å². The molecule has 7 nitrogen and oxygen atoms in total. The minimum Gasteiger partial charge on any atom is -0.406 e. The maximum Gasteiger partial charge on any atom is 0.573 e. The number of aryl methyl sites for hydroxylation is 1. The van der Waals surface area contributed by atoms with Crippen molar-refractivity contribution in [2.24, 2.45) is 0 Å². The van der Waals surface area contributed by atoms with Crippen LogP contribution >= 0.6 is 24.0 Å². The molecule has 2 heterocycles. The Hall–Kier alpha value is -2.99. The normalized spacial score (nSPS) is 11.8. The van der Waals surface area contributed by atoms with Crippen LogP contribution in [0.3, 0.4) is 0 Å². The predicted molar refractivity (Wildman–Crippen MR) is 135 cm³/mol. The Morgan fingerprint density at radius 1 is 1.11 bits per heavy atom. The second-order valence-electron chi connectivity index (χ2n) is 7.66. The zero-order valence-corrected chi connectivity index (χ0v) is 21.3. The second kappa shape index (κ2) is 10.6. The standard InChI is InChI=1S/C23H20ClF3N4O3S.ClH/c1-14-6-9-20(22(24)29-14)30-16-7-8-19-15(12-28-2)13-31(21(19)10-16)35(32,33)18-5-3-4-17(11-18)34-23(25,26)27;/h3-11,13,28,30H,12H2,1-2H3;1H. The van der Waals surface area contributed by atoms with Crippen LogP contribution in [-0.4, -0.2) is 30.8 Å². The highest BCUT2D eigenvalue weighted by Gasteiger charge is 2.32. The van der Waals surface area contributed by atoms with Gasteiger partial charge in [-0.2, -0.15) is 0 Å². The first kappa shape index (κ1) is 27.6. The Morgan fingerprint density at radius 2 is 1.86 bits per heavy atom. The van der Waals surface area contributed by atoms with Gasteiger partial charge in [0.15, 0.2) is 5.15 Å². The average molecular weight is 561 g/mol. The molecule has 36 heavy (non-hydrogen) atoms. The molecule has 0 aliphatic carbocycles. The van der Waals surface area contributed by atoms with Crippen LogP contribution in [-0.2, 0) is 16.6 Å². The summed E-state index contributed by atoms with van der Waals surface area (Å²) < 4.78 is 69.9. The van der Waals surface area contributed by atoms with Crippen molar-refractivity contribution in [3.63, 3.8) is 0 Å². The molecule has 2 aromatic carbocycles. The van der Waals surface area contributed by atoms with Gasteiger partial charge in [-0.25, -0.2) is 17.4 Å². The zero-order chi connectivity index (χ0) is 25.4. The molecule has 0 unspecified atom stereocenters. The summed E-state index contributed by atoms with van der Waals surface area (Å²) in [7, 11) is -2.55. The van der Waals surface area contributed by atoms with Crippen LogP contribution in [0.15, 0.2) is 65.7 Å². The molecule has 192 valence electrons. The molecular formula is C23H21Cl2F3N4O3S. The third kappa shape index (κ3) is 5.86. The number of benzene rings is 2. The van der Waals surface area contributed by atoms with E-state index in [1.54, 1.807) is 44.3 Å². The first-order chi connectivity index (χ1) is 16.5. The summed E-state index contributed by atoms with van der Waals surface area (Å²) in [5, 5.41) is 7.02. The third-order valence-electron chi connectivity index (χ3n) is 5.08. The Balaban J connectivity index is 0.00000361. The lowest BCUT2D eigenvalue weighted by Gasteiger charge is -2.12. The number of nitrogens with one attached hydrogen (secondary N) is 2. The van der Waals surface area contributed by atoms with Crippen molar-refractivity contribution in [1.82, 2.24) is 14.3 Å². The lowest BCUT2D eigenvalue weighted by atomic mass is 10.1. The van der Waals surface area contributed by atoms with Crippen LogP contribution in [0, 0.1) is 6.92 Å². The third-order valence-corrected chi connectivity index (χ3v) is 7.04. The number of rotatable bonds is 7. The summed E-state index contributed by atoms with van der Waals surface area (Å²) in [6.45, 7) is 2.17. The average Bonchev–Trinajstić information content (AvgIpc) is 3.13. The fourth-order valence-electron chi connectivity index (χ4n) is 3.59. The van der Waals surface area contributed by atoms with E-state index >= 15 is 0 Å². The maximum absolute atomic E-state index is 13.5. The molecule has 4 rings (SSSR count). The van der Waals surface area contributed by atoms with E-state index in [1.165, 1.54) is 18.3 Å². The lowest BCUT2D eigenvalue weighted by Crippen LogP contribution is -2.18. The Morgan fingerprint density at radius 3 is 2.53 bits per heavy atom. The van der Waals surface area contributed by atoms with Gasteiger partial charge in [-0.3, -0.25) is 0 Å². The van der Waals surface area contributed by atoms with Gasteiger partial charge in [0.05, 0.1) is 16.1 Å². The number of ether oxygens (including phenoxy) is 1. The summed E-state index contributed by atoms with van der Waals surface area (Å²) >= 11 is 6.21. The van der Waals surface area contributed by atoms with Crippen molar-refractivity contribution < 1.29 is 26.3 Å². The van der Waals surface area contributed by atoms with Crippen LogP contribution in [0.4, 0.5) is 24.5 Å². The zero-order valence-electron chi connectivity index (χ0n) is 18.9. The van der Waals surface area contributed by atoms with Crippen LogP contribution < -0.4 is 15.4 Å². The molecular weight excluding hydrogens is 540 g/mol. The van der Waals surface area contributed by atoms with E-state index in [2.05, 4.69) is 20.4 Å². The molecule has 0 fully saturated rings. The Kier molecular flexibility index (Phi) is 8.09. The summed E-state index contributed by atoms with van der Waals surface area (Å²) in [5.74, 6) is -0.630. The first-order valence-electron chi connectivity index (χ1n) is 10.3. The van der Waals surface area contributed by atoms with Crippen LogP contribution in [0.2, 0.25) is 5.15 Å². The highest BCUT2D eigenvalue weighted by Crippen LogP contribution is 2.32. The van der Waals surface area contributed by atoms with Crippen molar-refractivity contribution in [2.75, 3.05) is 12.4 Å². The quantitative estimate of drug-likeness (QED) is 0.269. The van der Waals surface area contributed by atoms with E-state index in [0.717, 1.165) is 21.8 Å². The van der Waals surface area contributed by atoms with E-state index in [0.29, 0.717) is 34.4 Å². The van der Waals surface area contributed by atoms with E-state index in [4.69, 9.17) is 11.6 Å². The van der Waals surface area contributed by atoms with Crippen molar-refractivity contribution in [2.45, 2.75) is 24.7 Å². The summed E-state index contributed by atoms with van der Waals surface area (Å²) in [6, 6.07) is 13.0. The van der Waals surface area contributed by atoms with E-state index in [9.17, 15) is 21.6 Å². The molecule has 0 radical (unpaired) electrons. The lowest BCUT2D eigenvalue weighted by molar-refractivity contribution is -0.274. The van der Waals surface area contributed by atoms with E-state index in [-0.39, 0.29) is 22.5 Å². The van der Waals surface area contributed by atoms with Gasteiger partial charge in [-0.05, 0) is 55.9 Å². The number of aromatic nitrogens is 2. The number of hydrogen-bond acceptors (Lipinski definition) is 6. The molecule has 0 spiro atoms. The molecule has 0 bridgehead atoms. The Labute approximate surface area is 216 Å². The molecule has 0 saturated carbocycles. The second-order valence-corrected chi connectivity index (χ2v) is 9.83. The number of halogens is 5. The smallest absolute Gasteiger partial charge is 0.406 e. The van der Waals surface area contributed by atoms with Crippen LogP contribution in [0.1, 0.15) is 11.3 Å². The molecule has 0 aliphatic rings. The number of nitrogens with zero attached hydrogens (tertiary/aromatic N) is 2. The summed E-state index contributed by atoms with van der Waals surface area (Å²) in [5.41, 5.74) is 2.84. The van der Waals surface area contributed by atoms with Gasteiger partial charge in [-0.15, -0.1) is 25.6 Å². The van der Waals surface area contributed by atoms with Crippen LogP contribution in [0.25, 0.3) is 10.9 Å². The first-order valence-corrected chi connectivity index (χ1v) is 12.1. The molecule has 0 amide bonds. The largest absolute Gasteiger partial charge is 0.573 e. The predicted octanol–water partition coefficient (Wildman–Crippen LogP) is 6.02. The SMILES string of the molecule is CNCc1cn(S(=O)(=O)c2cccc(OC(F)(F)F)c2)c2cc(Nc3ccc(C)nc3Cl)ccc12.Cl. The minimum absolute atomic E-state index is 0. The molecule has 0 aliphatic heterocycles. The van der Waals surface area contributed by atoms with Gasteiger partial charge in [0.1, 0.15) is 5.75 Å². The van der Waals surface area contributed by atoms with Gasteiger partial charge in [0.25, 0.3) is 10.0 Å². The number of pyridine rings is 1. The van der Waals surface area contributed by atoms with Crippen molar-refractivity contribution in [1.29, 1.82) is 0 Å². The van der Waals surface area contributed by atoms with Crippen molar-refractivity contribution >= 4 is 56.3 Å². The highest BCUT2D eigenvalue weighted by atomic mass is 35.5. The number of alkyl halides is 3. The maximum atomic E-state index is 13.5. The monoisotopic (exact) mass is 560 g/mol. The topological polar surface area (TPSA) is 85.2 Å². The Bertz CT molecular complexity index is 1510. The fraction of sp³-hybridized carbons (Fsp3) is 0.174. The highest BCUT2D eigenvalue weighted by molar-refractivity contribution is 7.90. The van der Waals surface area contributed by atoms with Crippen molar-refractivity contribution in [3.8, 4) is 5.75 Å². The number of anilines is 2.